The van der Waals surface area contributed by atoms with E-state index in [1.165, 1.54) is 20.8 Å². The largest absolute Gasteiger partial charge is 0.394 e. The number of aliphatic hydroxyl groups is 30. The third-order valence-electron chi connectivity index (χ3n) is 23.7. The molecule has 11 aliphatic heterocycles. The van der Waals surface area contributed by atoms with Crippen LogP contribution in [-0.2, 0) is 109 Å². The molecule has 55 nitrogen and oxygen atoms in total. The van der Waals surface area contributed by atoms with Crippen LogP contribution in [-0.4, -0.2) is 556 Å². The van der Waals surface area contributed by atoms with Crippen molar-refractivity contribution in [3.8, 4) is 0 Å². The lowest BCUT2D eigenvalue weighted by atomic mass is 9.93. The number of aliphatic hydroxyl groups excluding tert-OH is 30. The Morgan fingerprint density at radius 2 is 0.488 bits per heavy atom. The quantitative estimate of drug-likeness (QED) is 0.0318. The van der Waals surface area contributed by atoms with Gasteiger partial charge in [0.25, 0.3) is 0 Å². The molecule has 32 N–H and O–H groups in total. The van der Waals surface area contributed by atoms with Crippen LogP contribution < -0.4 is 10.6 Å². The van der Waals surface area contributed by atoms with Crippen molar-refractivity contribution in [3.63, 3.8) is 0 Å². The molecular formula is C70H118N2O53. The lowest BCUT2D eigenvalue weighted by molar-refractivity contribution is -0.409. The first-order chi connectivity index (χ1) is 59.1. The number of carbonyl (C=O) groups is 2. The number of hydrogen-bond donors (Lipinski definition) is 32. The zero-order chi connectivity index (χ0) is 91.8. The van der Waals surface area contributed by atoms with Crippen LogP contribution in [0.2, 0.25) is 0 Å². The van der Waals surface area contributed by atoms with Crippen molar-refractivity contribution in [3.05, 3.63) is 0 Å². The molecular weight excluding hydrogens is 1720 g/mol. The Labute approximate surface area is 707 Å². The highest BCUT2D eigenvalue weighted by atomic mass is 16.8. The molecule has 726 valence electrons. The van der Waals surface area contributed by atoms with Gasteiger partial charge in [-0.1, -0.05) is 0 Å². The molecule has 2 amide bonds. The fourth-order valence-corrected chi connectivity index (χ4v) is 16.4. The van der Waals surface area contributed by atoms with E-state index in [4.69, 9.17) is 99.5 Å². The number of hydrogen-bond acceptors (Lipinski definition) is 53. The van der Waals surface area contributed by atoms with Gasteiger partial charge in [-0.25, -0.2) is 0 Å². The minimum absolute atomic E-state index is 0.883. The normalized spacial score (nSPS) is 52.6. The van der Waals surface area contributed by atoms with Crippen LogP contribution in [0, 0.1) is 0 Å². The lowest BCUT2D eigenvalue weighted by Gasteiger charge is -2.52. The highest BCUT2D eigenvalue weighted by molar-refractivity contribution is 5.73. The van der Waals surface area contributed by atoms with Gasteiger partial charge in [0.15, 0.2) is 69.2 Å². The van der Waals surface area contributed by atoms with Crippen LogP contribution in [0.4, 0.5) is 0 Å². The molecule has 11 heterocycles. The van der Waals surface area contributed by atoms with E-state index in [0.29, 0.717) is 0 Å². The SMILES string of the molecule is CC(=O)N[C@H]1[C@H](O[C@H]2[C@@H](O)[C@@H](CO[C@@H]3O[C@H](CO)[C@@H](O[C@@H]4O[C@H](CO)[C@H](O)[C@H](O[C@H]5O[C@H](CO)[C@H](O)[C@H](O)[C@H]5O)[C@H]4O[C@@H]4O[C@@H](C)[C@@H](O)[C@@H](O)[C@@H]4O)[C@H](O[C@@H]4O[C@@H](C)[C@@H](O)[C@@H](O)[C@@H]4O)[C@H]3NC(C)=O)O[C@@H](O[C@H]3[C@H](O)[C@@H](O)C(O)O[C@@H]3CO)[C@@H]2O)O[C@H](CO)[C@@H](O[C@@H]2O[C@H](CO)[C@H](O)[C@H](O[C@H]3O[C@H](CO)[C@H](O)[C@H](O)[C@H]3O)[C@H]2O)[C@@H]1O[C@@H]1O[C@@H](C)[C@@H](O)[C@@H](O)[C@@H]1O. The molecule has 11 saturated heterocycles. The van der Waals surface area contributed by atoms with Crippen LogP contribution >= 0.6 is 0 Å². The summed E-state index contributed by atoms with van der Waals surface area (Å²) in [5.74, 6) is -2.12. The van der Waals surface area contributed by atoms with Gasteiger partial charge in [0.05, 0.1) is 71.2 Å². The van der Waals surface area contributed by atoms with E-state index < -0.39 is 402 Å². The van der Waals surface area contributed by atoms with Crippen LogP contribution in [0.5, 0.6) is 0 Å². The molecule has 0 aliphatic carbocycles. The average molecular weight is 1840 g/mol. The molecule has 1 unspecified atom stereocenters. The molecule has 55 atom stereocenters. The molecule has 11 fully saturated rings. The monoisotopic (exact) mass is 1830 g/mol. The highest BCUT2D eigenvalue weighted by Crippen LogP contribution is 2.43. The third kappa shape index (κ3) is 21.8. The maximum Gasteiger partial charge on any atom is 0.217 e. The predicted octanol–water partition coefficient (Wildman–Crippen LogP) is -21.6. The van der Waals surface area contributed by atoms with Crippen LogP contribution in [0.3, 0.4) is 0 Å². The molecule has 0 aromatic rings. The summed E-state index contributed by atoms with van der Waals surface area (Å²) in [6, 6.07) is -4.24. The van der Waals surface area contributed by atoms with E-state index >= 15 is 0 Å². The average Bonchev–Trinajstić information content (AvgIpc) is 0.758. The Balaban J connectivity index is 0.961. The van der Waals surface area contributed by atoms with E-state index in [2.05, 4.69) is 10.6 Å². The number of amides is 2. The van der Waals surface area contributed by atoms with Gasteiger partial charge in [-0.3, -0.25) is 9.59 Å². The van der Waals surface area contributed by atoms with E-state index in [0.717, 1.165) is 13.8 Å². The van der Waals surface area contributed by atoms with Crippen molar-refractivity contribution >= 4 is 11.8 Å². The second kappa shape index (κ2) is 43.9. The van der Waals surface area contributed by atoms with Crippen molar-refractivity contribution in [1.82, 2.24) is 10.6 Å². The summed E-state index contributed by atoms with van der Waals surface area (Å²) in [5.41, 5.74) is 0. The maximum absolute atomic E-state index is 13.8. The van der Waals surface area contributed by atoms with E-state index in [-0.39, 0.29) is 0 Å². The smallest absolute Gasteiger partial charge is 0.217 e. The topological polar surface area (TPSA) is 859 Å². The van der Waals surface area contributed by atoms with Gasteiger partial charge < -0.3 is 263 Å². The molecule has 0 spiro atoms. The zero-order valence-electron chi connectivity index (χ0n) is 67.2. The van der Waals surface area contributed by atoms with Gasteiger partial charge >= 0.3 is 0 Å². The first kappa shape index (κ1) is 102. The summed E-state index contributed by atoms with van der Waals surface area (Å²) >= 11 is 0. The molecule has 11 aliphatic rings. The third-order valence-corrected chi connectivity index (χ3v) is 23.7. The second-order valence-corrected chi connectivity index (χ2v) is 32.3. The van der Waals surface area contributed by atoms with Crippen LogP contribution in [0.25, 0.3) is 0 Å². The van der Waals surface area contributed by atoms with E-state index in [1.807, 2.05) is 0 Å². The van der Waals surface area contributed by atoms with Crippen molar-refractivity contribution in [2.75, 3.05) is 52.9 Å². The predicted molar refractivity (Wildman–Crippen MR) is 381 cm³/mol. The number of nitrogens with one attached hydrogen (secondary N) is 2. The molecule has 0 bridgehead atoms. The fraction of sp³-hybridized carbons (Fsp3) is 0.971. The molecule has 0 aromatic heterocycles. The summed E-state index contributed by atoms with van der Waals surface area (Å²) < 4.78 is 127. The van der Waals surface area contributed by atoms with Gasteiger partial charge in [0.1, 0.15) is 250 Å². The zero-order valence-corrected chi connectivity index (χ0v) is 67.2. The Morgan fingerprint density at radius 1 is 0.224 bits per heavy atom. The molecule has 0 radical (unpaired) electrons. The Hall–Kier alpha value is -3.10. The van der Waals surface area contributed by atoms with Gasteiger partial charge in [-0.15, -0.1) is 0 Å². The minimum Gasteiger partial charge on any atom is -0.394 e. The summed E-state index contributed by atoms with van der Waals surface area (Å²) in [5, 5.41) is 339. The Bertz CT molecular complexity index is 3330. The standard InChI is InChI=1S/C70H118N2O53/c1-14-29(82)37(90)44(97)63(106-14)120-54-27(71-17(4)80)61(114-24(11-78)53(54)119-70-59(125-65-46(99)39(92)31(84)16(3)108-65)58(35(88)22(9-76)113-70)124-67-48(101)41(94)33(86)20(7-74)111-67)105-13-26-36(89)57(50(103)69(116-26)117-51-23(10-77)109-60(104)43(96)42(51)95)122-62-28(72-18(5)81)55(121-64-45(98)38(91)30(83)15(2)107-64)52(25(12-79)115-62)118-68-49(102)56(34(87)21(8-75)112-68)123-66-47(100)40(93)32(85)19(6-73)110-66/h14-16,19-70,73-79,82-104H,6-13H2,1-5H3,(H,71,80)(H,72,81)/t14-,15-,16-,19+,20+,21+,22+,23+,24+,25+,26+,27+,28+,29+,30+,31+,32-,33-,34-,35-,36-,37+,38+,39+,40-,41-,42+,43+,44-,45-,46-,47+,48+,49+,50+,51+,52+,53+,54+,55+,56-,57-,58-,59+,60?,61+,62-,63-,64-,65-,66+,67+,68-,69-,70-/m0/s1. The maximum atomic E-state index is 13.8. The second-order valence-electron chi connectivity index (χ2n) is 32.3. The highest BCUT2D eigenvalue weighted by Gasteiger charge is 2.63. The molecule has 0 saturated carbocycles. The van der Waals surface area contributed by atoms with Gasteiger partial charge in [0.2, 0.25) is 11.8 Å². The van der Waals surface area contributed by atoms with Crippen molar-refractivity contribution in [2.24, 2.45) is 0 Å². The lowest BCUT2D eigenvalue weighted by Crippen LogP contribution is -2.72. The summed E-state index contributed by atoms with van der Waals surface area (Å²) in [6.45, 7) is -3.99. The molecule has 0 aromatic carbocycles. The Morgan fingerprint density at radius 3 is 0.888 bits per heavy atom. The fourth-order valence-electron chi connectivity index (χ4n) is 16.4. The van der Waals surface area contributed by atoms with Gasteiger partial charge in [0, 0.05) is 13.8 Å². The number of rotatable bonds is 30. The molecule has 125 heavy (non-hydrogen) atoms. The van der Waals surface area contributed by atoms with E-state index in [1.54, 1.807) is 0 Å². The van der Waals surface area contributed by atoms with Crippen molar-refractivity contribution in [2.45, 2.75) is 372 Å². The van der Waals surface area contributed by atoms with Crippen LogP contribution in [0.1, 0.15) is 34.6 Å². The van der Waals surface area contributed by atoms with Gasteiger partial charge in [-0.05, 0) is 20.8 Å². The van der Waals surface area contributed by atoms with Crippen LogP contribution in [0.15, 0.2) is 0 Å². The van der Waals surface area contributed by atoms with Gasteiger partial charge in [-0.2, -0.15) is 0 Å². The van der Waals surface area contributed by atoms with Crippen molar-refractivity contribution < 1.29 is 262 Å². The van der Waals surface area contributed by atoms with E-state index in [9.17, 15) is 163 Å². The first-order valence-electron chi connectivity index (χ1n) is 40.3. The van der Waals surface area contributed by atoms with Crippen molar-refractivity contribution in [1.29, 1.82) is 0 Å². The summed E-state index contributed by atoms with van der Waals surface area (Å²) in [7, 11) is 0. The number of carbonyl (C=O) groups excluding carboxylic acids is 2. The summed E-state index contributed by atoms with van der Waals surface area (Å²) in [6.07, 6.45) is -112. The molecule has 55 heteroatoms. The number of ether oxygens (including phenoxy) is 21. The minimum atomic E-state index is -2.57. The Kier molecular flexibility index (Phi) is 36.0. The molecule has 11 rings (SSSR count). The first-order valence-corrected chi connectivity index (χ1v) is 40.3. The summed E-state index contributed by atoms with van der Waals surface area (Å²) in [4.78, 5) is 27.6.